The Morgan fingerprint density at radius 1 is 1.50 bits per heavy atom. The summed E-state index contributed by atoms with van der Waals surface area (Å²) in [5, 5.41) is 2.71. The lowest BCUT2D eigenvalue weighted by molar-refractivity contribution is -0.129. The Morgan fingerprint density at radius 2 is 2.22 bits per heavy atom. The minimum atomic E-state index is -0.535. The molecule has 6 heteroatoms. The van der Waals surface area contributed by atoms with Crippen LogP contribution in [0.25, 0.3) is 0 Å². The number of nitrogens with zero attached hydrogens (tertiary/aromatic N) is 2. The smallest absolute Gasteiger partial charge is 0.221 e. The Kier molecular flexibility index (Phi) is 5.64. The van der Waals surface area contributed by atoms with E-state index in [2.05, 4.69) is 15.3 Å². The number of ketones is 1. The number of amides is 1. The second-order valence-corrected chi connectivity index (χ2v) is 4.52. The van der Waals surface area contributed by atoms with Crippen molar-refractivity contribution in [2.24, 2.45) is 21.6 Å². The molecule has 1 atom stereocenters. The van der Waals surface area contributed by atoms with Gasteiger partial charge >= 0.3 is 0 Å². The Hall–Kier alpha value is -1.56. The molecule has 100 valence electrons. The fraction of sp³-hybridized carbons (Fsp3) is 0.667. The number of nitrogens with one attached hydrogen (secondary N) is 1. The summed E-state index contributed by atoms with van der Waals surface area (Å²) >= 11 is 0. The molecule has 0 fully saturated rings. The fourth-order valence-electron chi connectivity index (χ4n) is 1.67. The quantitative estimate of drug-likeness (QED) is 0.663. The highest BCUT2D eigenvalue weighted by Gasteiger charge is 2.24. The number of aliphatic imine (C=N–C) groups is 2. The van der Waals surface area contributed by atoms with Crippen molar-refractivity contribution >= 4 is 23.6 Å². The van der Waals surface area contributed by atoms with Crippen molar-refractivity contribution in [3.63, 3.8) is 0 Å². The molecule has 1 aliphatic heterocycles. The Bertz CT molecular complexity index is 374. The predicted octanol–water partition coefficient (Wildman–Crippen LogP) is -0.0819. The molecule has 6 nitrogen and oxygen atoms in total. The molecule has 1 amide bonds. The number of carbonyl (C=O) groups is 2. The highest BCUT2D eigenvalue weighted by atomic mass is 16.2. The number of nitrogens with two attached hydrogens (primary N) is 1. The second-order valence-electron chi connectivity index (χ2n) is 4.52. The van der Waals surface area contributed by atoms with Gasteiger partial charge in [-0.05, 0) is 0 Å². The van der Waals surface area contributed by atoms with E-state index >= 15 is 0 Å². The molecule has 1 aliphatic rings. The largest absolute Gasteiger partial charge is 0.346 e. The van der Waals surface area contributed by atoms with E-state index in [0.717, 1.165) is 5.71 Å². The lowest BCUT2D eigenvalue weighted by atomic mass is 9.97. The van der Waals surface area contributed by atoms with E-state index < -0.39 is 6.04 Å². The highest BCUT2D eigenvalue weighted by molar-refractivity contribution is 6.32. The summed E-state index contributed by atoms with van der Waals surface area (Å²) in [6, 6.07) is -0.535. The van der Waals surface area contributed by atoms with E-state index in [1.807, 2.05) is 13.8 Å². The van der Waals surface area contributed by atoms with Gasteiger partial charge in [-0.25, -0.2) is 0 Å². The maximum atomic E-state index is 12.0. The van der Waals surface area contributed by atoms with Crippen LogP contribution in [0.1, 0.15) is 26.7 Å². The first-order valence-electron chi connectivity index (χ1n) is 6.11. The topological polar surface area (TPSA) is 96.9 Å². The molecule has 0 spiro atoms. The van der Waals surface area contributed by atoms with Crippen molar-refractivity contribution < 1.29 is 9.59 Å². The molecule has 0 aromatic rings. The summed E-state index contributed by atoms with van der Waals surface area (Å²) in [7, 11) is 0. The number of hydrogen-bond acceptors (Lipinski definition) is 5. The lowest BCUT2D eigenvalue weighted by Crippen LogP contribution is -2.44. The summed E-state index contributed by atoms with van der Waals surface area (Å²) in [6.07, 6.45) is 2.27. The van der Waals surface area contributed by atoms with E-state index in [1.54, 1.807) is 6.21 Å². The van der Waals surface area contributed by atoms with Gasteiger partial charge in [0.1, 0.15) is 6.67 Å². The predicted molar refractivity (Wildman–Crippen MR) is 70.9 cm³/mol. The van der Waals surface area contributed by atoms with Crippen LogP contribution in [-0.2, 0) is 9.59 Å². The summed E-state index contributed by atoms with van der Waals surface area (Å²) in [5.41, 5.74) is 6.07. The zero-order valence-electron chi connectivity index (χ0n) is 10.8. The molecule has 1 heterocycles. The molecule has 0 aromatic carbocycles. The van der Waals surface area contributed by atoms with Gasteiger partial charge in [0.25, 0.3) is 0 Å². The minimum absolute atomic E-state index is 0.00312. The van der Waals surface area contributed by atoms with Crippen molar-refractivity contribution in [1.29, 1.82) is 0 Å². The molecule has 0 aromatic heterocycles. The first kappa shape index (κ1) is 14.5. The van der Waals surface area contributed by atoms with Crippen LogP contribution in [0.5, 0.6) is 0 Å². The van der Waals surface area contributed by atoms with E-state index in [1.165, 1.54) is 0 Å². The van der Waals surface area contributed by atoms with Crippen molar-refractivity contribution in [1.82, 2.24) is 5.32 Å². The van der Waals surface area contributed by atoms with Crippen LogP contribution in [0, 0.1) is 5.92 Å². The van der Waals surface area contributed by atoms with Gasteiger partial charge in [0.05, 0.1) is 11.8 Å². The maximum absolute atomic E-state index is 12.0. The van der Waals surface area contributed by atoms with Crippen LogP contribution >= 0.6 is 0 Å². The third kappa shape index (κ3) is 4.37. The van der Waals surface area contributed by atoms with Gasteiger partial charge in [0.15, 0.2) is 5.78 Å². The molecule has 18 heavy (non-hydrogen) atoms. The normalized spacial score (nSPS) is 15.7. The third-order valence-electron chi connectivity index (χ3n) is 2.63. The zero-order valence-corrected chi connectivity index (χ0v) is 10.8. The van der Waals surface area contributed by atoms with Crippen LogP contribution in [0.4, 0.5) is 0 Å². The zero-order chi connectivity index (χ0) is 13.5. The number of hydrogen-bond donors (Lipinski definition) is 2. The highest BCUT2D eigenvalue weighted by Crippen LogP contribution is 2.07. The summed E-state index contributed by atoms with van der Waals surface area (Å²) < 4.78 is 0. The van der Waals surface area contributed by atoms with E-state index in [0.29, 0.717) is 13.1 Å². The minimum Gasteiger partial charge on any atom is -0.346 e. The molecule has 0 saturated carbocycles. The second kappa shape index (κ2) is 7.00. The van der Waals surface area contributed by atoms with Gasteiger partial charge in [-0.3, -0.25) is 19.6 Å². The molecule has 0 radical (unpaired) electrons. The summed E-state index contributed by atoms with van der Waals surface area (Å²) in [5.74, 6) is -0.331. The van der Waals surface area contributed by atoms with E-state index in [4.69, 9.17) is 5.73 Å². The SMILES string of the molecule is CC(C)C(=O)[C@H](CC1=NCN=C1)NC(=O)CCN. The first-order valence-corrected chi connectivity index (χ1v) is 6.11. The molecular weight excluding hydrogens is 232 g/mol. The Balaban J connectivity index is 2.65. The Labute approximate surface area is 107 Å². The van der Waals surface area contributed by atoms with E-state index in [-0.39, 0.29) is 30.6 Å². The number of carbonyl (C=O) groups excluding carboxylic acids is 2. The van der Waals surface area contributed by atoms with Gasteiger partial charge in [0, 0.05) is 31.5 Å². The number of rotatable bonds is 7. The van der Waals surface area contributed by atoms with Gasteiger partial charge < -0.3 is 11.1 Å². The van der Waals surface area contributed by atoms with E-state index in [9.17, 15) is 9.59 Å². The summed E-state index contributed by atoms with van der Waals surface area (Å²) in [6.45, 7) is 4.31. The first-order chi connectivity index (χ1) is 8.54. The standard InChI is InChI=1S/C12H20N4O2/c1-8(2)12(18)10(16-11(17)3-4-13)5-9-6-14-7-15-9/h6,8,10H,3-5,7,13H2,1-2H3,(H,16,17)/t10-/m0/s1. The third-order valence-corrected chi connectivity index (χ3v) is 2.63. The van der Waals surface area contributed by atoms with Gasteiger partial charge in [-0.15, -0.1) is 0 Å². The van der Waals surface area contributed by atoms with Crippen LogP contribution < -0.4 is 11.1 Å². The average molecular weight is 252 g/mol. The molecular formula is C12H20N4O2. The molecule has 0 bridgehead atoms. The molecule has 0 saturated heterocycles. The Morgan fingerprint density at radius 3 is 2.72 bits per heavy atom. The van der Waals surface area contributed by atoms with Crippen molar-refractivity contribution in [3.8, 4) is 0 Å². The van der Waals surface area contributed by atoms with Gasteiger partial charge in [-0.2, -0.15) is 0 Å². The lowest BCUT2D eigenvalue weighted by Gasteiger charge is -2.19. The van der Waals surface area contributed by atoms with Crippen LogP contribution in [0.2, 0.25) is 0 Å². The molecule has 1 rings (SSSR count). The van der Waals surface area contributed by atoms with Crippen molar-refractivity contribution in [3.05, 3.63) is 0 Å². The molecule has 0 unspecified atom stereocenters. The van der Waals surface area contributed by atoms with Crippen LogP contribution in [0.15, 0.2) is 9.98 Å². The van der Waals surface area contributed by atoms with Gasteiger partial charge in [-0.1, -0.05) is 13.8 Å². The summed E-state index contributed by atoms with van der Waals surface area (Å²) in [4.78, 5) is 31.7. The fourth-order valence-corrected chi connectivity index (χ4v) is 1.67. The monoisotopic (exact) mass is 252 g/mol. The van der Waals surface area contributed by atoms with Crippen LogP contribution in [-0.4, -0.2) is 42.9 Å². The number of Topliss-reactive ketones (excluding diaryl/α,β-unsaturated/α-hetero) is 1. The van der Waals surface area contributed by atoms with Crippen molar-refractivity contribution in [2.75, 3.05) is 13.2 Å². The maximum Gasteiger partial charge on any atom is 0.221 e. The van der Waals surface area contributed by atoms with Gasteiger partial charge in [0.2, 0.25) is 5.91 Å². The molecule has 3 N–H and O–H groups in total. The van der Waals surface area contributed by atoms with Crippen LogP contribution in [0.3, 0.4) is 0 Å². The van der Waals surface area contributed by atoms with Crippen molar-refractivity contribution in [2.45, 2.75) is 32.7 Å². The molecule has 0 aliphatic carbocycles. The average Bonchev–Trinajstić information content (AvgIpc) is 2.80.